The summed E-state index contributed by atoms with van der Waals surface area (Å²) in [5.41, 5.74) is 2.58. The van der Waals surface area contributed by atoms with Crippen molar-refractivity contribution in [3.63, 3.8) is 0 Å². The summed E-state index contributed by atoms with van der Waals surface area (Å²) >= 11 is 0. The molecule has 0 spiro atoms. The molecule has 0 aromatic carbocycles. The Labute approximate surface area is 103 Å². The third kappa shape index (κ3) is 3.33. The van der Waals surface area contributed by atoms with Crippen LogP contribution >= 0.6 is 0 Å². The summed E-state index contributed by atoms with van der Waals surface area (Å²) in [6, 6.07) is 6.37. The van der Waals surface area contributed by atoms with Gasteiger partial charge in [0.25, 0.3) is 0 Å². The molecule has 1 aliphatic carbocycles. The van der Waals surface area contributed by atoms with Gasteiger partial charge in [0, 0.05) is 6.04 Å². The van der Waals surface area contributed by atoms with Crippen molar-refractivity contribution < 1.29 is 0 Å². The van der Waals surface area contributed by atoms with Gasteiger partial charge in [0.1, 0.15) is 11.6 Å². The van der Waals surface area contributed by atoms with Crippen LogP contribution in [0.2, 0.25) is 0 Å². The Bertz CT molecular complexity index is 353. The Morgan fingerprint density at radius 1 is 1.18 bits per heavy atom. The number of nitrogens with zero attached hydrogens (tertiary/aromatic N) is 1. The van der Waals surface area contributed by atoms with Gasteiger partial charge in [-0.3, -0.25) is 0 Å². The van der Waals surface area contributed by atoms with E-state index in [1.165, 1.54) is 32.1 Å². The van der Waals surface area contributed by atoms with E-state index >= 15 is 0 Å². The minimum absolute atomic E-state index is 0.540. The second-order valence-electron chi connectivity index (χ2n) is 4.92. The molecule has 0 saturated heterocycles. The van der Waals surface area contributed by atoms with Crippen LogP contribution in [0.5, 0.6) is 0 Å². The Morgan fingerprint density at radius 3 is 2.76 bits per heavy atom. The van der Waals surface area contributed by atoms with Crippen molar-refractivity contribution in [3.05, 3.63) is 18.2 Å². The van der Waals surface area contributed by atoms with Gasteiger partial charge >= 0.3 is 0 Å². The Kier molecular flexibility index (Phi) is 4.20. The van der Waals surface area contributed by atoms with Gasteiger partial charge in [0.2, 0.25) is 0 Å². The van der Waals surface area contributed by atoms with Gasteiger partial charge in [-0.05, 0) is 30.9 Å². The summed E-state index contributed by atoms with van der Waals surface area (Å²) in [4.78, 5) is 4.40. The van der Waals surface area contributed by atoms with Gasteiger partial charge in [0.15, 0.2) is 0 Å². The van der Waals surface area contributed by atoms with Gasteiger partial charge in [-0.15, -0.1) is 0 Å². The van der Waals surface area contributed by atoms with Crippen LogP contribution in [-0.4, -0.2) is 11.0 Å². The van der Waals surface area contributed by atoms with E-state index in [4.69, 9.17) is 5.84 Å². The SMILES string of the molecule is CC1CCCCCC1Nc1cccc(NN)n1. The third-order valence-electron chi connectivity index (χ3n) is 3.59. The number of nitrogen functional groups attached to an aromatic ring is 1. The topological polar surface area (TPSA) is 63.0 Å². The molecule has 94 valence electrons. The first-order chi connectivity index (χ1) is 8.29. The van der Waals surface area contributed by atoms with Crippen LogP contribution in [0.25, 0.3) is 0 Å². The smallest absolute Gasteiger partial charge is 0.142 e. The number of pyridine rings is 1. The van der Waals surface area contributed by atoms with E-state index < -0.39 is 0 Å². The molecule has 4 nitrogen and oxygen atoms in total. The summed E-state index contributed by atoms with van der Waals surface area (Å²) in [5, 5.41) is 3.54. The number of nitrogens with two attached hydrogens (primary N) is 1. The van der Waals surface area contributed by atoms with Crippen molar-refractivity contribution in [1.82, 2.24) is 4.98 Å². The molecule has 17 heavy (non-hydrogen) atoms. The molecule has 0 radical (unpaired) electrons. The van der Waals surface area contributed by atoms with Crippen LogP contribution in [0.4, 0.5) is 11.6 Å². The van der Waals surface area contributed by atoms with Crippen LogP contribution in [0.1, 0.15) is 39.0 Å². The zero-order chi connectivity index (χ0) is 12.1. The van der Waals surface area contributed by atoms with E-state index in [2.05, 4.69) is 22.7 Å². The molecule has 4 heteroatoms. The van der Waals surface area contributed by atoms with Crippen molar-refractivity contribution in [3.8, 4) is 0 Å². The lowest BCUT2D eigenvalue weighted by atomic mass is 9.97. The Balaban J connectivity index is 2.02. The van der Waals surface area contributed by atoms with Crippen LogP contribution in [0.3, 0.4) is 0 Å². The summed E-state index contributed by atoms with van der Waals surface area (Å²) < 4.78 is 0. The van der Waals surface area contributed by atoms with Crippen molar-refractivity contribution >= 4 is 11.6 Å². The summed E-state index contributed by atoms with van der Waals surface area (Å²) in [7, 11) is 0. The molecule has 0 amide bonds. The maximum Gasteiger partial charge on any atom is 0.142 e. The highest BCUT2D eigenvalue weighted by molar-refractivity contribution is 5.44. The molecule has 2 unspecified atom stereocenters. The lowest BCUT2D eigenvalue weighted by molar-refractivity contribution is 0.456. The molecule has 1 aliphatic rings. The van der Waals surface area contributed by atoms with Gasteiger partial charge in [-0.2, -0.15) is 0 Å². The normalized spacial score (nSPS) is 25.1. The minimum Gasteiger partial charge on any atom is -0.367 e. The number of aromatic nitrogens is 1. The maximum atomic E-state index is 5.36. The first-order valence-corrected chi connectivity index (χ1v) is 6.50. The fourth-order valence-corrected chi connectivity index (χ4v) is 2.49. The average molecular weight is 234 g/mol. The molecule has 1 aromatic rings. The van der Waals surface area contributed by atoms with Crippen LogP contribution in [0, 0.1) is 5.92 Å². The van der Waals surface area contributed by atoms with E-state index in [0.29, 0.717) is 17.8 Å². The van der Waals surface area contributed by atoms with Gasteiger partial charge < -0.3 is 10.7 Å². The Hall–Kier alpha value is -1.29. The highest BCUT2D eigenvalue weighted by Crippen LogP contribution is 2.25. The largest absolute Gasteiger partial charge is 0.367 e. The predicted octanol–water partition coefficient (Wildman–Crippen LogP) is 2.75. The molecule has 1 saturated carbocycles. The highest BCUT2D eigenvalue weighted by atomic mass is 15.3. The standard InChI is InChI=1S/C13H22N4/c1-10-6-3-2-4-7-11(10)15-12-8-5-9-13(16-12)17-14/h5,8-11H,2-4,6-7,14H2,1H3,(H2,15,16,17). The second-order valence-corrected chi connectivity index (χ2v) is 4.92. The second kappa shape index (κ2) is 5.87. The average Bonchev–Trinajstić information content (AvgIpc) is 2.55. The van der Waals surface area contributed by atoms with Gasteiger partial charge in [-0.1, -0.05) is 32.3 Å². The third-order valence-corrected chi connectivity index (χ3v) is 3.59. The predicted molar refractivity (Wildman–Crippen MR) is 71.7 cm³/mol. The number of hydrogen-bond donors (Lipinski definition) is 3. The molecule has 4 N–H and O–H groups in total. The number of hydrazine groups is 1. The van der Waals surface area contributed by atoms with E-state index in [-0.39, 0.29) is 0 Å². The molecule has 0 bridgehead atoms. The molecule has 1 fully saturated rings. The maximum absolute atomic E-state index is 5.36. The first kappa shape index (κ1) is 12.2. The molecular weight excluding hydrogens is 212 g/mol. The minimum atomic E-state index is 0.540. The number of nitrogens with one attached hydrogen (secondary N) is 2. The monoisotopic (exact) mass is 234 g/mol. The summed E-state index contributed by atoms with van der Waals surface area (Å²) in [6.45, 7) is 2.33. The fourth-order valence-electron chi connectivity index (χ4n) is 2.49. The zero-order valence-corrected chi connectivity index (χ0v) is 10.4. The summed E-state index contributed by atoms with van der Waals surface area (Å²) in [5.74, 6) is 7.70. The fraction of sp³-hybridized carbons (Fsp3) is 0.615. The number of rotatable bonds is 3. The lowest BCUT2D eigenvalue weighted by Crippen LogP contribution is -2.26. The molecule has 2 atom stereocenters. The first-order valence-electron chi connectivity index (χ1n) is 6.50. The van der Waals surface area contributed by atoms with Crippen LogP contribution < -0.4 is 16.6 Å². The number of anilines is 2. The van der Waals surface area contributed by atoms with E-state index in [1.54, 1.807) is 0 Å². The van der Waals surface area contributed by atoms with Crippen LogP contribution in [-0.2, 0) is 0 Å². The Morgan fingerprint density at radius 2 is 1.94 bits per heavy atom. The molecule has 1 aromatic heterocycles. The lowest BCUT2D eigenvalue weighted by Gasteiger charge is -2.23. The van der Waals surface area contributed by atoms with Crippen molar-refractivity contribution in [2.24, 2.45) is 11.8 Å². The summed E-state index contributed by atoms with van der Waals surface area (Å²) in [6.07, 6.45) is 6.59. The van der Waals surface area contributed by atoms with E-state index in [1.807, 2.05) is 18.2 Å². The van der Waals surface area contributed by atoms with Gasteiger partial charge in [0.05, 0.1) is 0 Å². The highest BCUT2D eigenvalue weighted by Gasteiger charge is 2.19. The van der Waals surface area contributed by atoms with E-state index in [9.17, 15) is 0 Å². The van der Waals surface area contributed by atoms with Gasteiger partial charge in [-0.25, -0.2) is 10.8 Å². The van der Waals surface area contributed by atoms with Crippen molar-refractivity contribution in [1.29, 1.82) is 0 Å². The van der Waals surface area contributed by atoms with Crippen molar-refractivity contribution in [2.75, 3.05) is 10.7 Å². The quantitative estimate of drug-likeness (QED) is 0.427. The molecule has 1 heterocycles. The molecular formula is C13H22N4. The van der Waals surface area contributed by atoms with Crippen molar-refractivity contribution in [2.45, 2.75) is 45.1 Å². The molecule has 0 aliphatic heterocycles. The zero-order valence-electron chi connectivity index (χ0n) is 10.4. The number of hydrogen-bond acceptors (Lipinski definition) is 4. The van der Waals surface area contributed by atoms with Crippen LogP contribution in [0.15, 0.2) is 18.2 Å². The van der Waals surface area contributed by atoms with E-state index in [0.717, 1.165) is 5.82 Å². The molecule has 2 rings (SSSR count).